The van der Waals surface area contributed by atoms with Gasteiger partial charge in [0.1, 0.15) is 0 Å². The summed E-state index contributed by atoms with van der Waals surface area (Å²) in [6, 6.07) is 4.74. The predicted octanol–water partition coefficient (Wildman–Crippen LogP) is 1.81. The first kappa shape index (κ1) is 7.74. The van der Waals surface area contributed by atoms with Gasteiger partial charge in [-0.25, -0.2) is 0 Å². The maximum atomic E-state index is 4.28. The lowest BCUT2D eigenvalue weighted by atomic mass is 10.0. The van der Waals surface area contributed by atoms with Gasteiger partial charge < -0.3 is 5.32 Å². The molecule has 0 unspecified atom stereocenters. The Morgan fingerprint density at radius 2 is 2.50 bits per heavy atom. The molecular weight excluding hydrogens is 148 g/mol. The van der Waals surface area contributed by atoms with Gasteiger partial charge in [-0.05, 0) is 37.9 Å². The summed E-state index contributed by atoms with van der Waals surface area (Å²) in [6.07, 6.45) is 4.40. The Morgan fingerprint density at radius 1 is 1.58 bits per heavy atom. The van der Waals surface area contributed by atoms with Crippen LogP contribution in [-0.2, 0) is 0 Å². The minimum absolute atomic E-state index is 0.554. The zero-order valence-electron chi connectivity index (χ0n) is 7.38. The van der Waals surface area contributed by atoms with Gasteiger partial charge in [-0.15, -0.1) is 0 Å². The van der Waals surface area contributed by atoms with Crippen molar-refractivity contribution in [3.8, 4) is 0 Å². The third-order valence-electron chi connectivity index (χ3n) is 2.48. The molecule has 1 atom stereocenters. The Morgan fingerprint density at radius 3 is 3.17 bits per heavy atom. The summed E-state index contributed by atoms with van der Waals surface area (Å²) in [5.74, 6) is 0. The first-order valence-corrected chi connectivity index (χ1v) is 4.53. The van der Waals surface area contributed by atoms with Gasteiger partial charge in [-0.1, -0.05) is 6.07 Å². The minimum Gasteiger partial charge on any atom is -0.310 e. The van der Waals surface area contributed by atoms with Crippen LogP contribution in [0.15, 0.2) is 18.3 Å². The van der Waals surface area contributed by atoms with E-state index in [-0.39, 0.29) is 0 Å². The molecule has 1 aromatic rings. The molecule has 1 aliphatic heterocycles. The molecule has 64 valence electrons. The third-order valence-corrected chi connectivity index (χ3v) is 2.48. The van der Waals surface area contributed by atoms with Gasteiger partial charge in [-0.2, -0.15) is 0 Å². The lowest BCUT2D eigenvalue weighted by molar-refractivity contribution is 0.640. The van der Waals surface area contributed by atoms with E-state index >= 15 is 0 Å². The molecule has 0 radical (unpaired) electrons. The highest BCUT2D eigenvalue weighted by Crippen LogP contribution is 2.23. The van der Waals surface area contributed by atoms with Gasteiger partial charge in [0.2, 0.25) is 0 Å². The van der Waals surface area contributed by atoms with E-state index in [2.05, 4.69) is 23.3 Å². The Balaban J connectivity index is 2.26. The van der Waals surface area contributed by atoms with Crippen LogP contribution < -0.4 is 5.32 Å². The first-order valence-electron chi connectivity index (χ1n) is 4.53. The van der Waals surface area contributed by atoms with Crippen LogP contribution in [0.5, 0.6) is 0 Å². The summed E-state index contributed by atoms with van der Waals surface area (Å²) in [7, 11) is 0. The van der Waals surface area contributed by atoms with Crippen LogP contribution in [-0.4, -0.2) is 11.5 Å². The lowest BCUT2D eigenvalue weighted by Gasteiger charge is -2.11. The summed E-state index contributed by atoms with van der Waals surface area (Å²) in [5.41, 5.74) is 2.53. The van der Waals surface area contributed by atoms with Crippen molar-refractivity contribution < 1.29 is 0 Å². The molecule has 12 heavy (non-hydrogen) atoms. The van der Waals surface area contributed by atoms with Gasteiger partial charge in [0, 0.05) is 17.9 Å². The molecule has 2 heteroatoms. The van der Waals surface area contributed by atoms with E-state index in [0.717, 1.165) is 12.2 Å². The fraction of sp³-hybridized carbons (Fsp3) is 0.500. The van der Waals surface area contributed by atoms with Gasteiger partial charge in [0.05, 0.1) is 0 Å². The van der Waals surface area contributed by atoms with Crippen molar-refractivity contribution in [2.24, 2.45) is 0 Å². The number of aryl methyl sites for hydroxylation is 1. The van der Waals surface area contributed by atoms with Gasteiger partial charge >= 0.3 is 0 Å². The van der Waals surface area contributed by atoms with E-state index in [1.165, 1.54) is 18.4 Å². The molecule has 2 rings (SSSR count). The van der Waals surface area contributed by atoms with Crippen LogP contribution in [0.2, 0.25) is 0 Å². The van der Waals surface area contributed by atoms with Crippen LogP contribution in [0.3, 0.4) is 0 Å². The molecule has 1 N–H and O–H groups in total. The fourth-order valence-corrected chi connectivity index (χ4v) is 1.81. The Hall–Kier alpha value is -0.890. The molecule has 2 nitrogen and oxygen atoms in total. The Labute approximate surface area is 73.0 Å². The molecule has 0 aromatic carbocycles. The normalized spacial score (nSPS) is 22.9. The van der Waals surface area contributed by atoms with Gasteiger partial charge in [0.15, 0.2) is 0 Å². The minimum atomic E-state index is 0.554. The molecule has 1 aliphatic rings. The van der Waals surface area contributed by atoms with E-state index in [0.29, 0.717) is 6.04 Å². The monoisotopic (exact) mass is 162 g/mol. The summed E-state index contributed by atoms with van der Waals surface area (Å²) in [4.78, 5) is 4.28. The molecule has 0 amide bonds. The van der Waals surface area contributed by atoms with Crippen LogP contribution >= 0.6 is 0 Å². The second kappa shape index (κ2) is 3.23. The standard InChI is InChI=1S/C10H14N2/c1-8-9(4-2-6-11-8)10-5-3-7-12-10/h2,4,6,10,12H,3,5,7H2,1H3/t10-/m1/s1. The summed E-state index contributed by atoms with van der Waals surface area (Å²) < 4.78 is 0. The third kappa shape index (κ3) is 1.34. The Bertz CT molecular complexity index is 264. The van der Waals surface area contributed by atoms with Crippen LogP contribution in [0, 0.1) is 6.92 Å². The number of nitrogens with zero attached hydrogens (tertiary/aromatic N) is 1. The van der Waals surface area contributed by atoms with Crippen LogP contribution in [0.1, 0.15) is 30.1 Å². The van der Waals surface area contributed by atoms with Crippen molar-refractivity contribution >= 4 is 0 Å². The van der Waals surface area contributed by atoms with Crippen molar-refractivity contribution in [2.75, 3.05) is 6.54 Å². The van der Waals surface area contributed by atoms with Crippen LogP contribution in [0.4, 0.5) is 0 Å². The molecule has 0 spiro atoms. The zero-order valence-corrected chi connectivity index (χ0v) is 7.38. The maximum Gasteiger partial charge on any atom is 0.0420 e. The molecule has 0 saturated carbocycles. The van der Waals surface area contributed by atoms with Crippen molar-refractivity contribution in [1.82, 2.24) is 10.3 Å². The van der Waals surface area contributed by atoms with Gasteiger partial charge in [-0.3, -0.25) is 4.98 Å². The smallest absolute Gasteiger partial charge is 0.0420 e. The second-order valence-electron chi connectivity index (χ2n) is 3.33. The fourth-order valence-electron chi connectivity index (χ4n) is 1.81. The summed E-state index contributed by atoms with van der Waals surface area (Å²) in [5, 5.41) is 3.47. The number of aromatic nitrogens is 1. The van der Waals surface area contributed by atoms with Crippen LogP contribution in [0.25, 0.3) is 0 Å². The maximum absolute atomic E-state index is 4.28. The topological polar surface area (TPSA) is 24.9 Å². The van der Waals surface area contributed by atoms with Crippen molar-refractivity contribution in [2.45, 2.75) is 25.8 Å². The van der Waals surface area contributed by atoms with E-state index < -0.39 is 0 Å². The predicted molar refractivity (Wildman–Crippen MR) is 49.0 cm³/mol. The van der Waals surface area contributed by atoms with E-state index in [9.17, 15) is 0 Å². The Kier molecular flexibility index (Phi) is 2.09. The lowest BCUT2D eigenvalue weighted by Crippen LogP contribution is -2.14. The molecule has 1 fully saturated rings. The molecule has 0 aliphatic carbocycles. The van der Waals surface area contributed by atoms with Gasteiger partial charge in [0.25, 0.3) is 0 Å². The number of hydrogen-bond donors (Lipinski definition) is 1. The molecule has 0 bridgehead atoms. The number of nitrogens with one attached hydrogen (secondary N) is 1. The molecular formula is C10H14N2. The second-order valence-corrected chi connectivity index (χ2v) is 3.33. The molecule has 2 heterocycles. The number of pyridine rings is 1. The van der Waals surface area contributed by atoms with Crippen molar-refractivity contribution in [1.29, 1.82) is 0 Å². The van der Waals surface area contributed by atoms with Crippen molar-refractivity contribution in [3.63, 3.8) is 0 Å². The largest absolute Gasteiger partial charge is 0.310 e. The van der Waals surface area contributed by atoms with E-state index in [1.54, 1.807) is 0 Å². The zero-order chi connectivity index (χ0) is 8.39. The molecule has 1 saturated heterocycles. The quantitative estimate of drug-likeness (QED) is 0.681. The first-order chi connectivity index (χ1) is 5.88. The highest BCUT2D eigenvalue weighted by molar-refractivity contribution is 5.23. The highest BCUT2D eigenvalue weighted by Gasteiger charge is 2.17. The van der Waals surface area contributed by atoms with E-state index in [1.807, 2.05) is 12.3 Å². The average molecular weight is 162 g/mol. The molecule has 1 aromatic heterocycles. The van der Waals surface area contributed by atoms with E-state index in [4.69, 9.17) is 0 Å². The number of rotatable bonds is 1. The summed E-state index contributed by atoms with van der Waals surface area (Å²) in [6.45, 7) is 3.23. The number of hydrogen-bond acceptors (Lipinski definition) is 2. The SMILES string of the molecule is Cc1ncccc1[C@H]1CCCN1. The highest BCUT2D eigenvalue weighted by atomic mass is 14.9. The van der Waals surface area contributed by atoms with Crippen molar-refractivity contribution in [3.05, 3.63) is 29.6 Å². The average Bonchev–Trinajstić information content (AvgIpc) is 2.57. The summed E-state index contributed by atoms with van der Waals surface area (Å²) >= 11 is 0.